The van der Waals surface area contributed by atoms with Crippen molar-refractivity contribution in [3.8, 4) is 0 Å². The molecule has 6 nitrogen and oxygen atoms in total. The number of amides is 1. The second kappa shape index (κ2) is 7.83. The van der Waals surface area contributed by atoms with Gasteiger partial charge < -0.3 is 9.40 Å². The van der Waals surface area contributed by atoms with E-state index in [1.165, 1.54) is 18.0 Å². The van der Waals surface area contributed by atoms with E-state index in [0.717, 1.165) is 29.0 Å². The molecule has 0 spiro atoms. The third kappa shape index (κ3) is 4.26. The average Bonchev–Trinajstić information content (AvgIpc) is 3.19. The number of benzene rings is 1. The topological polar surface area (TPSA) is 83.3 Å². The van der Waals surface area contributed by atoms with Gasteiger partial charge in [-0.3, -0.25) is 4.79 Å². The highest BCUT2D eigenvalue weighted by Crippen LogP contribution is 2.28. The summed E-state index contributed by atoms with van der Waals surface area (Å²) in [6.45, 7) is 2.04. The van der Waals surface area contributed by atoms with Gasteiger partial charge in [-0.1, -0.05) is 25.5 Å². The number of aromatic nitrogens is 2. The minimum absolute atomic E-state index is 0.0865. The van der Waals surface area contributed by atoms with Crippen LogP contribution in [0.25, 0.3) is 11.0 Å². The van der Waals surface area contributed by atoms with Crippen LogP contribution in [0.3, 0.4) is 0 Å². The summed E-state index contributed by atoms with van der Waals surface area (Å²) in [5, 5.41) is 5.37. The lowest BCUT2D eigenvalue weighted by atomic mass is 10.2. The maximum Gasteiger partial charge on any atom is 0.240 e. The van der Waals surface area contributed by atoms with E-state index in [-0.39, 0.29) is 5.91 Å². The predicted molar refractivity (Wildman–Crippen MR) is 94.2 cm³/mol. The summed E-state index contributed by atoms with van der Waals surface area (Å²) in [6.07, 6.45) is 3.82. The molecular formula is C17H18N4O2S. The predicted octanol–water partition coefficient (Wildman–Crippen LogP) is 3.95. The van der Waals surface area contributed by atoms with Gasteiger partial charge in [-0.15, -0.1) is 0 Å². The number of hydrogen-bond acceptors (Lipinski definition) is 5. The number of fused-ring (bicyclic) bond motifs is 1. The van der Waals surface area contributed by atoms with Gasteiger partial charge in [-0.05, 0) is 42.4 Å². The van der Waals surface area contributed by atoms with Crippen LogP contribution in [0.5, 0.6) is 0 Å². The van der Waals surface area contributed by atoms with Crippen molar-refractivity contribution in [1.82, 2.24) is 15.4 Å². The van der Waals surface area contributed by atoms with Gasteiger partial charge in [0.1, 0.15) is 5.76 Å². The lowest BCUT2D eigenvalue weighted by Gasteiger charge is -1.96. The number of nitrogens with one attached hydrogen (secondary N) is 2. The minimum Gasteiger partial charge on any atom is -0.448 e. The lowest BCUT2D eigenvalue weighted by Crippen LogP contribution is -2.16. The second-order valence-corrected chi connectivity index (χ2v) is 6.21. The number of hydrogen-bond donors (Lipinski definition) is 2. The smallest absolute Gasteiger partial charge is 0.240 e. The second-order valence-electron chi connectivity index (χ2n) is 5.21. The van der Waals surface area contributed by atoms with E-state index in [1.807, 2.05) is 37.3 Å². The number of para-hydroxylation sites is 2. The molecule has 3 rings (SSSR count). The van der Waals surface area contributed by atoms with Gasteiger partial charge in [0, 0.05) is 6.42 Å². The number of furan rings is 1. The zero-order chi connectivity index (χ0) is 16.8. The maximum absolute atomic E-state index is 11.5. The number of carbonyl (C=O) groups excluding carboxylic acids is 1. The molecule has 2 N–H and O–H groups in total. The first-order chi connectivity index (χ1) is 11.7. The zero-order valence-electron chi connectivity index (χ0n) is 13.3. The molecule has 0 fully saturated rings. The summed E-state index contributed by atoms with van der Waals surface area (Å²) in [4.78, 5) is 19.2. The summed E-state index contributed by atoms with van der Waals surface area (Å²) in [5.41, 5.74) is 4.40. The van der Waals surface area contributed by atoms with E-state index >= 15 is 0 Å². The van der Waals surface area contributed by atoms with Crippen molar-refractivity contribution in [3.05, 3.63) is 42.2 Å². The first-order valence-electron chi connectivity index (χ1n) is 7.79. The van der Waals surface area contributed by atoms with Crippen LogP contribution < -0.4 is 5.43 Å². The van der Waals surface area contributed by atoms with Gasteiger partial charge in [-0.2, -0.15) is 5.10 Å². The van der Waals surface area contributed by atoms with Gasteiger partial charge in [0.2, 0.25) is 5.91 Å². The Kier molecular flexibility index (Phi) is 5.32. The molecule has 0 aliphatic rings. The van der Waals surface area contributed by atoms with Crippen molar-refractivity contribution >= 4 is 34.9 Å². The van der Waals surface area contributed by atoms with Gasteiger partial charge in [0.25, 0.3) is 0 Å². The largest absolute Gasteiger partial charge is 0.448 e. The van der Waals surface area contributed by atoms with Gasteiger partial charge in [0.15, 0.2) is 10.2 Å². The van der Waals surface area contributed by atoms with Crippen molar-refractivity contribution in [3.63, 3.8) is 0 Å². The molecule has 2 heterocycles. The molecule has 0 bridgehead atoms. The monoisotopic (exact) mass is 342 g/mol. The Morgan fingerprint density at radius 3 is 3.08 bits per heavy atom. The highest BCUT2D eigenvalue weighted by Gasteiger charge is 2.07. The number of carbonyl (C=O) groups is 1. The zero-order valence-corrected chi connectivity index (χ0v) is 14.1. The first-order valence-corrected chi connectivity index (χ1v) is 8.60. The number of hydrazone groups is 1. The van der Waals surface area contributed by atoms with Crippen LogP contribution in [-0.2, 0) is 4.79 Å². The molecule has 124 valence electrons. The number of unbranched alkanes of at least 4 members (excludes halogenated alkanes) is 1. The van der Waals surface area contributed by atoms with E-state index < -0.39 is 0 Å². The molecule has 0 atom stereocenters. The number of H-pyrrole nitrogens is 1. The molecule has 0 saturated carbocycles. The highest BCUT2D eigenvalue weighted by atomic mass is 32.2. The number of rotatable bonds is 7. The summed E-state index contributed by atoms with van der Waals surface area (Å²) in [7, 11) is 0. The van der Waals surface area contributed by atoms with Crippen LogP contribution in [-0.4, -0.2) is 22.1 Å². The normalized spacial score (nSPS) is 11.4. The van der Waals surface area contributed by atoms with Gasteiger partial charge in [0.05, 0.1) is 17.2 Å². The molecule has 3 aromatic rings. The molecule has 0 aliphatic heterocycles. The summed E-state index contributed by atoms with van der Waals surface area (Å²) < 4.78 is 5.65. The molecule has 2 aromatic heterocycles. The Morgan fingerprint density at radius 2 is 2.25 bits per heavy atom. The fraction of sp³-hybridized carbons (Fsp3) is 0.235. The average molecular weight is 342 g/mol. The summed E-state index contributed by atoms with van der Waals surface area (Å²) in [5.74, 6) is 0.487. The summed E-state index contributed by atoms with van der Waals surface area (Å²) in [6, 6.07) is 11.5. The molecule has 1 aromatic carbocycles. The molecule has 0 aliphatic carbocycles. The fourth-order valence-corrected chi connectivity index (χ4v) is 2.86. The Hall–Kier alpha value is -2.54. The van der Waals surface area contributed by atoms with Gasteiger partial charge in [-0.25, -0.2) is 10.4 Å². The molecule has 24 heavy (non-hydrogen) atoms. The number of nitrogens with zero attached hydrogens (tertiary/aromatic N) is 2. The van der Waals surface area contributed by atoms with E-state index in [9.17, 15) is 4.79 Å². The Bertz CT molecular complexity index is 820. The van der Waals surface area contributed by atoms with Crippen molar-refractivity contribution < 1.29 is 9.21 Å². The van der Waals surface area contributed by atoms with Crippen molar-refractivity contribution in [2.45, 2.75) is 36.4 Å². The quantitative estimate of drug-likeness (QED) is 0.503. The molecule has 7 heteroatoms. The van der Waals surface area contributed by atoms with E-state index in [4.69, 9.17) is 4.42 Å². The molecule has 0 unspecified atom stereocenters. The number of imidazole rings is 1. The maximum atomic E-state index is 11.5. The van der Waals surface area contributed by atoms with Gasteiger partial charge >= 0.3 is 0 Å². The van der Waals surface area contributed by atoms with Crippen LogP contribution in [0.15, 0.2) is 56.2 Å². The fourth-order valence-electron chi connectivity index (χ4n) is 2.09. The van der Waals surface area contributed by atoms with Crippen molar-refractivity contribution in [2.75, 3.05) is 0 Å². The van der Waals surface area contributed by atoms with Crippen LogP contribution in [0.1, 0.15) is 31.9 Å². The van der Waals surface area contributed by atoms with E-state index in [1.54, 1.807) is 6.07 Å². The minimum atomic E-state index is -0.0865. The molecular weight excluding hydrogens is 324 g/mol. The van der Waals surface area contributed by atoms with Crippen LogP contribution >= 0.6 is 11.8 Å². The Balaban J connectivity index is 1.58. The standard InChI is InChI=1S/C17H18N4O2S/c1-2-3-8-15(22)21-18-11-12-9-10-16(23-12)24-17-19-13-6-4-5-7-14(13)20-17/h4-7,9-11H,2-3,8H2,1H3,(H,19,20)(H,21,22)/b18-11+. The lowest BCUT2D eigenvalue weighted by molar-refractivity contribution is -0.121. The number of aromatic amines is 1. The van der Waals surface area contributed by atoms with Crippen molar-refractivity contribution in [1.29, 1.82) is 0 Å². The Labute approximate surface area is 143 Å². The first kappa shape index (κ1) is 16.3. The van der Waals surface area contributed by atoms with E-state index in [2.05, 4.69) is 20.5 Å². The van der Waals surface area contributed by atoms with Crippen LogP contribution in [0, 0.1) is 0 Å². The van der Waals surface area contributed by atoms with Crippen LogP contribution in [0.4, 0.5) is 0 Å². The third-order valence-electron chi connectivity index (χ3n) is 3.31. The third-order valence-corrected chi connectivity index (χ3v) is 4.11. The Morgan fingerprint density at radius 1 is 1.38 bits per heavy atom. The summed E-state index contributed by atoms with van der Waals surface area (Å²) >= 11 is 1.40. The molecule has 1 amide bonds. The SMILES string of the molecule is CCCCC(=O)N/N=C/c1ccc(Sc2nc3ccccc3[nH]2)o1. The van der Waals surface area contributed by atoms with E-state index in [0.29, 0.717) is 17.3 Å². The highest BCUT2D eigenvalue weighted by molar-refractivity contribution is 7.99. The van der Waals surface area contributed by atoms with Crippen LogP contribution in [0.2, 0.25) is 0 Å². The molecule has 0 radical (unpaired) electrons. The van der Waals surface area contributed by atoms with Crippen molar-refractivity contribution in [2.24, 2.45) is 5.10 Å². The molecule has 0 saturated heterocycles.